The lowest BCUT2D eigenvalue weighted by Gasteiger charge is -2.38. The van der Waals surface area contributed by atoms with Crippen LogP contribution in [0.4, 0.5) is 4.39 Å². The lowest BCUT2D eigenvalue weighted by atomic mass is 9.77. The van der Waals surface area contributed by atoms with Crippen molar-refractivity contribution in [3.8, 4) is 0 Å². The zero-order valence-electron chi connectivity index (χ0n) is 19.5. The van der Waals surface area contributed by atoms with Gasteiger partial charge in [-0.3, -0.25) is 4.79 Å². The van der Waals surface area contributed by atoms with Crippen LogP contribution in [-0.2, 0) is 16.0 Å². The number of halogens is 1. The number of hydrogen-bond acceptors (Lipinski definition) is 4. The zero-order chi connectivity index (χ0) is 23.6. The quantitative estimate of drug-likeness (QED) is 0.294. The summed E-state index contributed by atoms with van der Waals surface area (Å²) >= 11 is 1.68. The van der Waals surface area contributed by atoms with E-state index < -0.39 is 0 Å². The second-order valence-electron chi connectivity index (χ2n) is 7.84. The van der Waals surface area contributed by atoms with E-state index in [4.69, 9.17) is 4.74 Å². The fourth-order valence-electron chi connectivity index (χ4n) is 4.26. The Labute approximate surface area is 201 Å². The first-order valence-corrected chi connectivity index (χ1v) is 12.3. The maximum atomic E-state index is 13.3. The van der Waals surface area contributed by atoms with E-state index in [1.165, 1.54) is 30.4 Å². The first-order valence-electron chi connectivity index (χ1n) is 11.5. The minimum Gasteiger partial charge on any atom is -0.469 e. The molecule has 3 aromatic carbocycles. The van der Waals surface area contributed by atoms with Gasteiger partial charge in [0.1, 0.15) is 5.82 Å². The van der Waals surface area contributed by atoms with E-state index >= 15 is 0 Å². The van der Waals surface area contributed by atoms with Gasteiger partial charge in [-0.05, 0) is 65.2 Å². The molecule has 0 aromatic heterocycles. The molecule has 1 aliphatic heterocycles. The van der Waals surface area contributed by atoms with E-state index in [9.17, 15) is 9.18 Å². The molecule has 33 heavy (non-hydrogen) atoms. The van der Waals surface area contributed by atoms with Crippen LogP contribution in [0.3, 0.4) is 0 Å². The molecule has 1 saturated heterocycles. The van der Waals surface area contributed by atoms with Crippen molar-refractivity contribution in [2.75, 3.05) is 20.2 Å². The van der Waals surface area contributed by atoms with Crippen LogP contribution >= 0.6 is 11.9 Å². The topological polar surface area (TPSA) is 29.5 Å². The molecule has 0 spiro atoms. The molecule has 0 amide bonds. The minimum absolute atomic E-state index is 0.215. The van der Waals surface area contributed by atoms with Gasteiger partial charge in [0.15, 0.2) is 0 Å². The summed E-state index contributed by atoms with van der Waals surface area (Å²) in [7, 11) is 1.42. The van der Waals surface area contributed by atoms with Crippen molar-refractivity contribution >= 4 is 17.9 Å². The fourth-order valence-corrected chi connectivity index (χ4v) is 5.25. The largest absolute Gasteiger partial charge is 0.469 e. The van der Waals surface area contributed by atoms with Crippen LogP contribution in [0, 0.1) is 5.82 Å². The van der Waals surface area contributed by atoms with Crippen LogP contribution in [0.25, 0.3) is 0 Å². The third-order valence-corrected chi connectivity index (χ3v) is 6.88. The molecule has 0 saturated carbocycles. The van der Waals surface area contributed by atoms with Crippen molar-refractivity contribution in [1.82, 2.24) is 4.31 Å². The van der Waals surface area contributed by atoms with Gasteiger partial charge < -0.3 is 4.74 Å². The number of ether oxygens (including phenoxy) is 1. The Balaban J connectivity index is 0.00000149. The molecule has 1 fully saturated rings. The van der Waals surface area contributed by atoms with E-state index in [0.29, 0.717) is 11.8 Å². The number of benzene rings is 3. The van der Waals surface area contributed by atoms with E-state index in [2.05, 4.69) is 46.8 Å². The fraction of sp³-hybridized carbons (Fsp3) is 0.321. The molecular formula is C28H32FNO2S. The standard InChI is InChI=1S/C26H26FNO2S.C2H6/c1-30-26(29)17-19-6-5-9-21(16-19)25-18-28(31-23-12-10-22(27)11-13-23)15-14-24(25)20-7-3-2-4-8-20;1-2/h2-13,16,24-25H,14-15,17-18H2,1H3;1-2H3. The van der Waals surface area contributed by atoms with Crippen LogP contribution < -0.4 is 0 Å². The molecule has 1 aliphatic rings. The van der Waals surface area contributed by atoms with E-state index in [-0.39, 0.29) is 18.2 Å². The molecule has 0 radical (unpaired) electrons. The predicted molar refractivity (Wildman–Crippen MR) is 134 cm³/mol. The average Bonchev–Trinajstić information content (AvgIpc) is 2.87. The van der Waals surface area contributed by atoms with Crippen molar-refractivity contribution in [1.29, 1.82) is 0 Å². The molecule has 3 nitrogen and oxygen atoms in total. The number of carbonyl (C=O) groups is 1. The van der Waals surface area contributed by atoms with Crippen molar-refractivity contribution in [2.24, 2.45) is 0 Å². The van der Waals surface area contributed by atoms with Crippen molar-refractivity contribution < 1.29 is 13.9 Å². The summed E-state index contributed by atoms with van der Waals surface area (Å²) in [5, 5.41) is 0. The van der Waals surface area contributed by atoms with Gasteiger partial charge in [0, 0.05) is 23.9 Å². The second kappa shape index (κ2) is 12.6. The summed E-state index contributed by atoms with van der Waals surface area (Å²) in [4.78, 5) is 12.8. The number of methoxy groups -OCH3 is 1. The number of piperidine rings is 1. The molecule has 4 rings (SSSR count). The maximum absolute atomic E-state index is 13.3. The van der Waals surface area contributed by atoms with Gasteiger partial charge in [-0.15, -0.1) is 0 Å². The molecular weight excluding hydrogens is 433 g/mol. The summed E-state index contributed by atoms with van der Waals surface area (Å²) in [6, 6.07) is 25.6. The van der Waals surface area contributed by atoms with Crippen LogP contribution in [0.2, 0.25) is 0 Å². The van der Waals surface area contributed by atoms with Gasteiger partial charge in [0.2, 0.25) is 0 Å². The maximum Gasteiger partial charge on any atom is 0.309 e. The van der Waals surface area contributed by atoms with Gasteiger partial charge in [0.25, 0.3) is 0 Å². The summed E-state index contributed by atoms with van der Waals surface area (Å²) < 4.78 is 20.5. The minimum atomic E-state index is -0.228. The number of rotatable bonds is 6. The second-order valence-corrected chi connectivity index (χ2v) is 9.01. The van der Waals surface area contributed by atoms with Crippen LogP contribution in [0.15, 0.2) is 83.8 Å². The van der Waals surface area contributed by atoms with Gasteiger partial charge in [0.05, 0.1) is 13.5 Å². The van der Waals surface area contributed by atoms with Gasteiger partial charge in [-0.1, -0.05) is 68.4 Å². The molecule has 2 atom stereocenters. The van der Waals surface area contributed by atoms with E-state index in [1.807, 2.05) is 38.1 Å². The smallest absolute Gasteiger partial charge is 0.309 e. The highest BCUT2D eigenvalue weighted by molar-refractivity contribution is 7.97. The molecule has 174 valence electrons. The average molecular weight is 466 g/mol. The normalized spacial score (nSPS) is 18.2. The van der Waals surface area contributed by atoms with E-state index in [1.54, 1.807) is 11.9 Å². The van der Waals surface area contributed by atoms with Gasteiger partial charge >= 0.3 is 5.97 Å². The van der Waals surface area contributed by atoms with Crippen molar-refractivity contribution in [2.45, 2.75) is 43.4 Å². The Hall–Kier alpha value is -2.63. The summed E-state index contributed by atoms with van der Waals surface area (Å²) in [6.45, 7) is 5.84. The lowest BCUT2D eigenvalue weighted by molar-refractivity contribution is -0.139. The first kappa shape index (κ1) is 25.0. The molecule has 0 N–H and O–H groups in total. The highest BCUT2D eigenvalue weighted by Gasteiger charge is 2.32. The third-order valence-electron chi connectivity index (χ3n) is 5.81. The van der Waals surface area contributed by atoms with Crippen LogP contribution in [-0.4, -0.2) is 30.5 Å². The molecule has 1 heterocycles. The van der Waals surface area contributed by atoms with E-state index in [0.717, 1.165) is 30.0 Å². The Bertz CT molecular complexity index is 1010. The highest BCUT2D eigenvalue weighted by atomic mass is 32.2. The summed E-state index contributed by atoms with van der Waals surface area (Å²) in [5.74, 6) is 0.252. The van der Waals surface area contributed by atoms with Crippen molar-refractivity contribution in [3.05, 3.63) is 101 Å². The van der Waals surface area contributed by atoms with Crippen LogP contribution in [0.5, 0.6) is 0 Å². The number of hydrogen-bond donors (Lipinski definition) is 0. The molecule has 5 heteroatoms. The summed E-state index contributed by atoms with van der Waals surface area (Å²) in [6.07, 6.45) is 1.31. The summed E-state index contributed by atoms with van der Waals surface area (Å²) in [5.41, 5.74) is 3.55. The zero-order valence-corrected chi connectivity index (χ0v) is 20.4. The van der Waals surface area contributed by atoms with Gasteiger partial charge in [-0.2, -0.15) is 0 Å². The molecule has 3 aromatic rings. The first-order chi connectivity index (χ1) is 16.1. The molecule has 0 bridgehead atoms. The Morgan fingerprint density at radius 3 is 2.36 bits per heavy atom. The number of nitrogens with zero attached hydrogens (tertiary/aromatic N) is 1. The molecule has 2 unspecified atom stereocenters. The molecule has 0 aliphatic carbocycles. The SMILES string of the molecule is CC.COC(=O)Cc1cccc(C2CN(Sc3ccc(F)cc3)CCC2c2ccccc2)c1. The van der Waals surface area contributed by atoms with Crippen LogP contribution in [0.1, 0.15) is 48.8 Å². The monoisotopic (exact) mass is 465 g/mol. The van der Waals surface area contributed by atoms with Gasteiger partial charge in [-0.25, -0.2) is 8.70 Å². The number of carbonyl (C=O) groups excluding carboxylic acids is 1. The third kappa shape index (κ3) is 6.92. The van der Waals surface area contributed by atoms with Crippen molar-refractivity contribution in [3.63, 3.8) is 0 Å². The number of esters is 1. The highest BCUT2D eigenvalue weighted by Crippen LogP contribution is 2.42. The predicted octanol–water partition coefficient (Wildman–Crippen LogP) is 6.85. The Kier molecular flexibility index (Phi) is 9.52. The Morgan fingerprint density at radius 1 is 0.970 bits per heavy atom. The lowest BCUT2D eigenvalue weighted by Crippen LogP contribution is -2.34. The Morgan fingerprint density at radius 2 is 1.67 bits per heavy atom.